The minimum atomic E-state index is -1.19. The maximum absolute atomic E-state index is 13.6. The predicted octanol–water partition coefficient (Wildman–Crippen LogP) is 5.01. The zero-order chi connectivity index (χ0) is 21.7. The van der Waals surface area contributed by atoms with Gasteiger partial charge in [0.15, 0.2) is 0 Å². The zero-order valence-electron chi connectivity index (χ0n) is 18.0. The third-order valence-electron chi connectivity index (χ3n) is 5.89. The zero-order valence-corrected chi connectivity index (χ0v) is 18.0. The molecule has 3 rings (SSSR count). The van der Waals surface area contributed by atoms with Crippen molar-refractivity contribution < 1.29 is 14.4 Å². The fourth-order valence-corrected chi connectivity index (χ4v) is 3.97. The van der Waals surface area contributed by atoms with Crippen molar-refractivity contribution in [2.75, 3.05) is 0 Å². The highest BCUT2D eigenvalue weighted by molar-refractivity contribution is 6.18. The smallest absolute Gasteiger partial charge is 0.273 e. The molecule has 0 aliphatic carbocycles. The molecular weight excluding hydrogens is 376 g/mol. The van der Waals surface area contributed by atoms with Crippen molar-refractivity contribution in [3.63, 3.8) is 0 Å². The van der Waals surface area contributed by atoms with E-state index in [1.165, 1.54) is 9.80 Å². The van der Waals surface area contributed by atoms with Gasteiger partial charge in [0.2, 0.25) is 11.8 Å². The first kappa shape index (κ1) is 21.8. The summed E-state index contributed by atoms with van der Waals surface area (Å²) in [7, 11) is 0. The molecule has 1 aliphatic rings. The molecule has 0 spiro atoms. The summed E-state index contributed by atoms with van der Waals surface area (Å²) in [4.78, 5) is 43.0. The maximum Gasteiger partial charge on any atom is 0.334 e. The Kier molecular flexibility index (Phi) is 6.70. The van der Waals surface area contributed by atoms with Crippen LogP contribution in [0.25, 0.3) is 0 Å². The normalized spacial score (nSPS) is 16.5. The van der Waals surface area contributed by atoms with Crippen molar-refractivity contribution in [3.05, 3.63) is 71.8 Å². The van der Waals surface area contributed by atoms with E-state index in [0.29, 0.717) is 18.8 Å². The number of carbonyl (C=O) groups excluding carboxylic acids is 3. The molecule has 5 nitrogen and oxygen atoms in total. The molecule has 0 N–H and O–H groups in total. The van der Waals surface area contributed by atoms with E-state index in [1.54, 1.807) is 0 Å². The molecule has 1 fully saturated rings. The topological polar surface area (TPSA) is 57.7 Å². The van der Waals surface area contributed by atoms with E-state index in [9.17, 15) is 14.4 Å². The first-order valence-electron chi connectivity index (χ1n) is 10.6. The van der Waals surface area contributed by atoms with Gasteiger partial charge in [-0.05, 0) is 36.3 Å². The molecule has 0 radical (unpaired) electrons. The molecule has 4 amide bonds. The van der Waals surface area contributed by atoms with Gasteiger partial charge in [0.1, 0.15) is 5.41 Å². The lowest BCUT2D eigenvalue weighted by Gasteiger charge is -2.44. The molecule has 1 saturated heterocycles. The molecule has 2 aromatic carbocycles. The minimum Gasteiger partial charge on any atom is -0.273 e. The van der Waals surface area contributed by atoms with Gasteiger partial charge in [0, 0.05) is 0 Å². The average molecular weight is 407 g/mol. The number of benzene rings is 2. The van der Waals surface area contributed by atoms with Gasteiger partial charge in [-0.1, -0.05) is 81.4 Å². The van der Waals surface area contributed by atoms with E-state index < -0.39 is 11.4 Å². The Morgan fingerprint density at radius 3 is 1.57 bits per heavy atom. The maximum atomic E-state index is 13.6. The first-order valence-corrected chi connectivity index (χ1v) is 10.6. The molecule has 30 heavy (non-hydrogen) atoms. The van der Waals surface area contributed by atoms with Gasteiger partial charge >= 0.3 is 6.03 Å². The van der Waals surface area contributed by atoms with E-state index in [2.05, 4.69) is 13.8 Å². The van der Waals surface area contributed by atoms with Crippen LogP contribution in [0.1, 0.15) is 51.2 Å². The van der Waals surface area contributed by atoms with Crippen LogP contribution >= 0.6 is 0 Å². The van der Waals surface area contributed by atoms with Crippen LogP contribution in [0, 0.1) is 11.3 Å². The van der Waals surface area contributed by atoms with Crippen molar-refractivity contribution >= 4 is 17.8 Å². The van der Waals surface area contributed by atoms with Crippen LogP contribution in [0.2, 0.25) is 0 Å². The highest BCUT2D eigenvalue weighted by Gasteiger charge is 2.55. The summed E-state index contributed by atoms with van der Waals surface area (Å²) < 4.78 is 0. The molecule has 158 valence electrons. The Balaban J connectivity index is 2.00. The van der Waals surface area contributed by atoms with Gasteiger partial charge in [-0.2, -0.15) is 0 Å². The van der Waals surface area contributed by atoms with E-state index in [4.69, 9.17) is 0 Å². The van der Waals surface area contributed by atoms with Crippen molar-refractivity contribution in [1.82, 2.24) is 9.80 Å². The molecular formula is C25H30N2O3. The van der Waals surface area contributed by atoms with Crippen LogP contribution in [-0.4, -0.2) is 27.6 Å². The summed E-state index contributed by atoms with van der Waals surface area (Å²) >= 11 is 0. The summed E-state index contributed by atoms with van der Waals surface area (Å²) in [5.41, 5.74) is 0.533. The van der Waals surface area contributed by atoms with Crippen LogP contribution in [0.15, 0.2) is 60.7 Å². The van der Waals surface area contributed by atoms with Crippen molar-refractivity contribution in [3.8, 4) is 0 Å². The van der Waals surface area contributed by atoms with Crippen LogP contribution < -0.4 is 0 Å². The third-order valence-corrected chi connectivity index (χ3v) is 5.89. The monoisotopic (exact) mass is 406 g/mol. The average Bonchev–Trinajstić information content (AvgIpc) is 2.76. The van der Waals surface area contributed by atoms with Crippen LogP contribution in [0.3, 0.4) is 0 Å². The lowest BCUT2D eigenvalue weighted by atomic mass is 9.75. The van der Waals surface area contributed by atoms with E-state index in [-0.39, 0.29) is 24.9 Å². The third kappa shape index (κ3) is 4.30. The molecule has 1 aliphatic heterocycles. The number of amides is 4. The number of carbonyl (C=O) groups is 3. The van der Waals surface area contributed by atoms with Gasteiger partial charge in [-0.25, -0.2) is 4.79 Å². The van der Waals surface area contributed by atoms with Crippen molar-refractivity contribution in [1.29, 1.82) is 0 Å². The summed E-state index contributed by atoms with van der Waals surface area (Å²) in [5.74, 6) is -0.376. The molecule has 0 aromatic heterocycles. The highest BCUT2D eigenvalue weighted by atomic mass is 16.2. The Bertz CT molecular complexity index is 830. The summed E-state index contributed by atoms with van der Waals surface area (Å²) in [6, 6.07) is 18.3. The van der Waals surface area contributed by atoms with Gasteiger partial charge in [-0.3, -0.25) is 19.4 Å². The molecule has 5 heteroatoms. The van der Waals surface area contributed by atoms with Crippen LogP contribution in [0.4, 0.5) is 4.79 Å². The number of imide groups is 2. The summed E-state index contributed by atoms with van der Waals surface area (Å²) in [6.45, 7) is 6.36. The number of hydrogen-bond donors (Lipinski definition) is 0. The molecule has 0 unspecified atom stereocenters. The molecule has 0 bridgehead atoms. The van der Waals surface area contributed by atoms with E-state index >= 15 is 0 Å². The number of rotatable bonds is 8. The van der Waals surface area contributed by atoms with E-state index in [1.807, 2.05) is 67.6 Å². The largest absolute Gasteiger partial charge is 0.334 e. The van der Waals surface area contributed by atoms with Gasteiger partial charge in [0.05, 0.1) is 13.1 Å². The number of nitrogens with zero attached hydrogens (tertiary/aromatic N) is 2. The second-order valence-corrected chi connectivity index (χ2v) is 8.40. The molecule has 0 saturated carbocycles. The van der Waals surface area contributed by atoms with Crippen LogP contribution in [0.5, 0.6) is 0 Å². The van der Waals surface area contributed by atoms with Crippen molar-refractivity contribution in [2.24, 2.45) is 11.3 Å². The lowest BCUT2D eigenvalue weighted by Crippen LogP contribution is -2.64. The predicted molar refractivity (Wildman–Crippen MR) is 116 cm³/mol. The molecule has 0 atom stereocenters. The summed E-state index contributed by atoms with van der Waals surface area (Å²) in [5, 5.41) is 0. The Labute approximate surface area is 178 Å². The first-order chi connectivity index (χ1) is 14.4. The highest BCUT2D eigenvalue weighted by Crippen LogP contribution is 2.39. The number of hydrogen-bond acceptors (Lipinski definition) is 3. The minimum absolute atomic E-state index is 0.167. The van der Waals surface area contributed by atoms with Gasteiger partial charge in [-0.15, -0.1) is 0 Å². The Morgan fingerprint density at radius 2 is 1.20 bits per heavy atom. The lowest BCUT2D eigenvalue weighted by molar-refractivity contribution is -0.161. The molecule has 2 aromatic rings. The Hall–Kier alpha value is -2.95. The van der Waals surface area contributed by atoms with Gasteiger partial charge < -0.3 is 0 Å². The van der Waals surface area contributed by atoms with E-state index in [0.717, 1.165) is 17.5 Å². The quantitative estimate of drug-likeness (QED) is 0.579. The summed E-state index contributed by atoms with van der Waals surface area (Å²) in [6.07, 6.45) is 1.57. The number of barbiturate groups is 1. The second kappa shape index (κ2) is 9.24. The second-order valence-electron chi connectivity index (χ2n) is 8.40. The fourth-order valence-electron chi connectivity index (χ4n) is 3.97. The number of urea groups is 1. The Morgan fingerprint density at radius 1 is 0.767 bits per heavy atom. The fraction of sp³-hybridized carbons (Fsp3) is 0.400. The SMILES string of the molecule is CCC1(CCC(C)C)C(=O)N(Cc2ccccc2)C(=O)N(Cc2ccccc2)C1=O. The standard InChI is InChI=1S/C25H30N2O3/c1-4-25(16-15-19(2)3)22(28)26(17-20-11-7-5-8-12-20)24(30)27(23(25)29)18-21-13-9-6-10-14-21/h5-14,19H,4,15-18H2,1-3H3. The van der Waals surface area contributed by atoms with Gasteiger partial charge in [0.25, 0.3) is 0 Å². The van der Waals surface area contributed by atoms with Crippen molar-refractivity contribution in [2.45, 2.75) is 53.1 Å². The van der Waals surface area contributed by atoms with Crippen LogP contribution in [-0.2, 0) is 22.7 Å². The molecule has 1 heterocycles.